The number of rotatable bonds is 9. The van der Waals surface area contributed by atoms with Crippen molar-refractivity contribution in [2.75, 3.05) is 28.7 Å². The van der Waals surface area contributed by atoms with Gasteiger partial charge in [-0.1, -0.05) is 23.7 Å². The Morgan fingerprint density at radius 1 is 1.15 bits per heavy atom. The van der Waals surface area contributed by atoms with Crippen LogP contribution in [0.2, 0.25) is 5.02 Å². The molecule has 1 aromatic heterocycles. The second-order valence-corrected chi connectivity index (χ2v) is 14.5. The molecule has 1 aliphatic heterocycles. The summed E-state index contributed by atoms with van der Waals surface area (Å²) in [5.74, 6) is -1.47. The maximum atomic E-state index is 13.4. The molecule has 1 fully saturated rings. The molecule has 5 rings (SSSR count). The molecule has 3 aromatic carbocycles. The Morgan fingerprint density at radius 3 is 2.68 bits per heavy atom. The van der Waals surface area contributed by atoms with Gasteiger partial charge in [-0.25, -0.2) is 14.4 Å². The molecule has 4 aromatic rings. The Labute approximate surface area is 242 Å². The fraction of sp³-hybridized carbons (Fsp3) is 0.222. The van der Waals surface area contributed by atoms with Crippen molar-refractivity contribution in [2.24, 2.45) is 5.92 Å². The summed E-state index contributed by atoms with van der Waals surface area (Å²) in [7, 11) is -5.92. The molecule has 0 saturated carbocycles. The second kappa shape index (κ2) is 12.1. The van der Waals surface area contributed by atoms with E-state index in [1.165, 1.54) is 18.5 Å². The van der Waals surface area contributed by atoms with Gasteiger partial charge in [0.05, 0.1) is 33.0 Å². The minimum absolute atomic E-state index is 0.139. The lowest BCUT2D eigenvalue weighted by atomic mass is 10.1. The number of hydrogen-bond donors (Lipinski definition) is 2. The van der Waals surface area contributed by atoms with E-state index >= 15 is 0 Å². The SMILES string of the molecule is CCOc1cc2ncnc(Nc3ccc(OCc4cccc(F)c4)c(Cl)c3)c2cc1NC(=O)C1C[S+]([O-])S(=O)(=O)C1. The minimum Gasteiger partial charge on any atom is -0.601 e. The van der Waals surface area contributed by atoms with Crippen LogP contribution in [0.3, 0.4) is 0 Å². The van der Waals surface area contributed by atoms with Crippen LogP contribution in [0.25, 0.3) is 10.9 Å². The van der Waals surface area contributed by atoms with Gasteiger partial charge in [-0.05, 0) is 48.9 Å². The molecule has 0 bridgehead atoms. The summed E-state index contributed by atoms with van der Waals surface area (Å²) in [5.41, 5.74) is 2.06. The molecule has 0 radical (unpaired) electrons. The molecule has 2 N–H and O–H groups in total. The number of hydrogen-bond acceptors (Lipinski definition) is 9. The Hall–Kier alpha value is -3.65. The maximum Gasteiger partial charge on any atom is 0.314 e. The first-order valence-electron chi connectivity index (χ1n) is 12.4. The van der Waals surface area contributed by atoms with Crippen molar-refractivity contribution in [1.82, 2.24) is 9.97 Å². The van der Waals surface area contributed by atoms with Crippen molar-refractivity contribution in [3.8, 4) is 11.5 Å². The van der Waals surface area contributed by atoms with Crippen LogP contribution in [0.4, 0.5) is 21.6 Å². The quantitative estimate of drug-likeness (QED) is 0.200. The number of nitrogens with zero attached hydrogens (tertiary/aromatic N) is 2. The van der Waals surface area contributed by atoms with E-state index in [9.17, 15) is 22.2 Å². The van der Waals surface area contributed by atoms with E-state index in [0.717, 1.165) is 0 Å². The van der Waals surface area contributed by atoms with E-state index in [1.54, 1.807) is 49.4 Å². The van der Waals surface area contributed by atoms with Crippen LogP contribution in [0.1, 0.15) is 12.5 Å². The Morgan fingerprint density at radius 2 is 1.98 bits per heavy atom. The van der Waals surface area contributed by atoms with Gasteiger partial charge in [0.1, 0.15) is 53.5 Å². The topological polar surface area (TPSA) is 143 Å². The highest BCUT2D eigenvalue weighted by molar-refractivity contribution is 8.67. The zero-order chi connectivity index (χ0) is 29.1. The van der Waals surface area contributed by atoms with Crippen molar-refractivity contribution in [3.05, 3.63) is 77.3 Å². The van der Waals surface area contributed by atoms with Gasteiger partial charge in [0.15, 0.2) is 0 Å². The van der Waals surface area contributed by atoms with Gasteiger partial charge < -0.3 is 24.7 Å². The molecule has 214 valence electrons. The second-order valence-electron chi connectivity index (χ2n) is 9.09. The number of halogens is 2. The lowest BCUT2D eigenvalue weighted by Gasteiger charge is -2.16. The summed E-state index contributed by atoms with van der Waals surface area (Å²) in [4.78, 5) is 21.5. The molecule has 0 spiro atoms. The number of ether oxygens (including phenoxy) is 2. The van der Waals surface area contributed by atoms with E-state index in [-0.39, 0.29) is 23.9 Å². The molecule has 2 heterocycles. The summed E-state index contributed by atoms with van der Waals surface area (Å²) in [6.45, 7) is 2.23. The summed E-state index contributed by atoms with van der Waals surface area (Å²) >= 11 is 6.44. The number of amides is 1. The highest BCUT2D eigenvalue weighted by Gasteiger charge is 2.45. The predicted molar refractivity (Wildman–Crippen MR) is 155 cm³/mol. The van der Waals surface area contributed by atoms with E-state index in [4.69, 9.17) is 21.1 Å². The van der Waals surface area contributed by atoms with E-state index in [0.29, 0.717) is 51.1 Å². The molecule has 1 amide bonds. The fourth-order valence-corrected chi connectivity index (χ4v) is 8.37. The minimum atomic E-state index is -3.82. The lowest BCUT2D eigenvalue weighted by molar-refractivity contribution is -0.118. The highest BCUT2D eigenvalue weighted by Crippen LogP contribution is 2.35. The molecule has 1 aliphatic rings. The van der Waals surface area contributed by atoms with E-state index < -0.39 is 36.7 Å². The largest absolute Gasteiger partial charge is 0.601 e. The molecular formula is C27H24ClFN4O6S2. The van der Waals surface area contributed by atoms with Crippen LogP contribution < -0.4 is 20.1 Å². The molecular weight excluding hydrogens is 595 g/mol. The standard InChI is InChI=1S/C27H24ClFN4O6S2/c1-2-38-25-11-22-20(10-23(25)33-27(34)17-13-40(35)41(36,37)14-17)26(31-15-30-22)32-19-6-7-24(21(28)9-19)39-12-16-4-3-5-18(29)8-16/h3-11,15,17H,2,12-14H2,1H3,(H,33,34)(H,30,31,32). The molecule has 14 heteroatoms. The average molecular weight is 619 g/mol. The molecule has 2 atom stereocenters. The van der Waals surface area contributed by atoms with Crippen LogP contribution >= 0.6 is 11.6 Å². The predicted octanol–water partition coefficient (Wildman–Crippen LogP) is 4.79. The number of benzene rings is 3. The first-order valence-corrected chi connectivity index (χ1v) is 16.3. The number of fused-ring (bicyclic) bond motifs is 1. The van der Waals surface area contributed by atoms with Crippen molar-refractivity contribution in [3.63, 3.8) is 0 Å². The van der Waals surface area contributed by atoms with Crippen molar-refractivity contribution in [1.29, 1.82) is 0 Å². The van der Waals surface area contributed by atoms with Crippen molar-refractivity contribution < 1.29 is 31.6 Å². The van der Waals surface area contributed by atoms with Crippen molar-refractivity contribution >= 4 is 64.7 Å². The zero-order valence-electron chi connectivity index (χ0n) is 21.6. The number of carbonyl (C=O) groups excluding carboxylic acids is 1. The lowest BCUT2D eigenvalue weighted by Crippen LogP contribution is -2.26. The van der Waals surface area contributed by atoms with Gasteiger partial charge in [-0.15, -0.1) is 0 Å². The van der Waals surface area contributed by atoms with Crippen LogP contribution in [-0.4, -0.2) is 47.0 Å². The summed E-state index contributed by atoms with van der Waals surface area (Å²) in [5, 5.41) is 6.76. The zero-order valence-corrected chi connectivity index (χ0v) is 24.0. The smallest absolute Gasteiger partial charge is 0.314 e. The molecule has 41 heavy (non-hydrogen) atoms. The third-order valence-electron chi connectivity index (χ3n) is 6.17. The normalized spacial score (nSPS) is 17.8. The van der Waals surface area contributed by atoms with Crippen LogP contribution in [0, 0.1) is 11.7 Å². The number of anilines is 3. The molecule has 1 saturated heterocycles. The van der Waals surface area contributed by atoms with Gasteiger partial charge in [-0.2, -0.15) is 8.42 Å². The monoisotopic (exact) mass is 618 g/mol. The summed E-state index contributed by atoms with van der Waals surface area (Å²) in [6, 6.07) is 14.4. The van der Waals surface area contributed by atoms with E-state index in [1.807, 2.05) is 0 Å². The van der Waals surface area contributed by atoms with Gasteiger partial charge in [0.25, 0.3) is 0 Å². The summed E-state index contributed by atoms with van der Waals surface area (Å²) < 4.78 is 60.5. The Kier molecular flexibility index (Phi) is 8.50. The summed E-state index contributed by atoms with van der Waals surface area (Å²) in [6.07, 6.45) is 1.37. The Balaban J connectivity index is 1.38. The fourth-order valence-electron chi connectivity index (χ4n) is 4.20. The molecule has 10 nitrogen and oxygen atoms in total. The first-order chi connectivity index (χ1) is 19.6. The number of nitrogens with one attached hydrogen (secondary N) is 2. The van der Waals surface area contributed by atoms with Gasteiger partial charge in [-0.3, -0.25) is 4.79 Å². The number of carbonyl (C=O) groups is 1. The van der Waals surface area contributed by atoms with Gasteiger partial charge >= 0.3 is 8.87 Å². The third kappa shape index (κ3) is 6.64. The van der Waals surface area contributed by atoms with E-state index in [2.05, 4.69) is 20.6 Å². The van der Waals surface area contributed by atoms with Crippen LogP contribution in [0.5, 0.6) is 11.5 Å². The molecule has 0 aliphatic carbocycles. The highest BCUT2D eigenvalue weighted by atomic mass is 35.5. The number of aromatic nitrogens is 2. The van der Waals surface area contributed by atoms with Gasteiger partial charge in [0.2, 0.25) is 5.91 Å². The van der Waals surface area contributed by atoms with Crippen LogP contribution in [0.15, 0.2) is 60.9 Å². The van der Waals surface area contributed by atoms with Crippen molar-refractivity contribution in [2.45, 2.75) is 13.5 Å². The molecule has 2 unspecified atom stereocenters. The average Bonchev–Trinajstić information content (AvgIpc) is 3.21. The third-order valence-corrected chi connectivity index (χ3v) is 11.0. The first kappa shape index (κ1) is 28.9. The maximum absolute atomic E-state index is 13.4. The van der Waals surface area contributed by atoms with Gasteiger partial charge in [0, 0.05) is 17.1 Å². The Bertz CT molecular complexity index is 1730. The van der Waals surface area contributed by atoms with Crippen LogP contribution in [-0.2, 0) is 30.5 Å².